The van der Waals surface area contributed by atoms with E-state index in [0.29, 0.717) is 18.6 Å². The van der Waals surface area contributed by atoms with E-state index < -0.39 is 0 Å². The van der Waals surface area contributed by atoms with Gasteiger partial charge in [0, 0.05) is 19.2 Å². The van der Waals surface area contributed by atoms with E-state index in [0.717, 1.165) is 25.9 Å². The van der Waals surface area contributed by atoms with Crippen LogP contribution in [0, 0.1) is 5.92 Å². The van der Waals surface area contributed by atoms with Crippen molar-refractivity contribution in [3.8, 4) is 0 Å². The highest BCUT2D eigenvalue weighted by Gasteiger charge is 2.24. The predicted molar refractivity (Wildman–Crippen MR) is 55.7 cm³/mol. The van der Waals surface area contributed by atoms with Crippen LogP contribution in [0.4, 0.5) is 0 Å². The highest BCUT2D eigenvalue weighted by Crippen LogP contribution is 2.22. The van der Waals surface area contributed by atoms with Crippen LogP contribution in [-0.2, 0) is 0 Å². The molecule has 1 heterocycles. The number of aliphatic hydroxyl groups is 1. The molecule has 2 nitrogen and oxygen atoms in total. The molecule has 0 amide bonds. The van der Waals surface area contributed by atoms with Gasteiger partial charge in [0.2, 0.25) is 0 Å². The SMILES string of the molecule is C=C(C)CN1CC[C@H](CO)C[C@@H]1C. The van der Waals surface area contributed by atoms with Gasteiger partial charge in [0.25, 0.3) is 0 Å². The fourth-order valence-electron chi connectivity index (χ4n) is 2.07. The van der Waals surface area contributed by atoms with Crippen LogP contribution in [0.5, 0.6) is 0 Å². The van der Waals surface area contributed by atoms with E-state index >= 15 is 0 Å². The van der Waals surface area contributed by atoms with Crippen LogP contribution in [-0.4, -0.2) is 35.7 Å². The smallest absolute Gasteiger partial charge is 0.0460 e. The molecule has 13 heavy (non-hydrogen) atoms. The zero-order chi connectivity index (χ0) is 9.84. The third-order valence-electron chi connectivity index (χ3n) is 2.85. The van der Waals surface area contributed by atoms with Crippen LogP contribution in [0.3, 0.4) is 0 Å². The van der Waals surface area contributed by atoms with Crippen molar-refractivity contribution in [1.82, 2.24) is 4.90 Å². The summed E-state index contributed by atoms with van der Waals surface area (Å²) in [7, 11) is 0. The van der Waals surface area contributed by atoms with Gasteiger partial charge in [-0.3, -0.25) is 4.90 Å². The van der Waals surface area contributed by atoms with Crippen LogP contribution in [0.2, 0.25) is 0 Å². The molecule has 2 atom stereocenters. The Morgan fingerprint density at radius 1 is 1.62 bits per heavy atom. The van der Waals surface area contributed by atoms with Crippen molar-refractivity contribution < 1.29 is 5.11 Å². The molecule has 0 saturated carbocycles. The summed E-state index contributed by atoms with van der Waals surface area (Å²) in [6, 6.07) is 0.600. The number of hydrogen-bond acceptors (Lipinski definition) is 2. The highest BCUT2D eigenvalue weighted by atomic mass is 16.3. The zero-order valence-corrected chi connectivity index (χ0v) is 8.79. The standard InChI is InChI=1S/C11H21NO/c1-9(2)7-12-5-4-11(8-13)6-10(12)3/h10-11,13H,1,4-8H2,2-3H3/t10-,11-/m0/s1. The van der Waals surface area contributed by atoms with Crippen molar-refractivity contribution in [3.63, 3.8) is 0 Å². The molecule has 1 rings (SSSR count). The minimum atomic E-state index is 0.352. The second-order valence-corrected chi connectivity index (χ2v) is 4.35. The van der Waals surface area contributed by atoms with E-state index in [1.807, 2.05) is 0 Å². The number of nitrogens with zero attached hydrogens (tertiary/aromatic N) is 1. The summed E-state index contributed by atoms with van der Waals surface area (Å²) in [5.74, 6) is 0.524. The molecule has 2 heteroatoms. The van der Waals surface area contributed by atoms with Crippen LogP contribution >= 0.6 is 0 Å². The molecule has 1 aliphatic heterocycles. The van der Waals surface area contributed by atoms with Gasteiger partial charge in [-0.05, 0) is 39.2 Å². The normalized spacial score (nSPS) is 30.4. The average molecular weight is 183 g/mol. The maximum atomic E-state index is 9.04. The molecule has 76 valence electrons. The lowest BCUT2D eigenvalue weighted by atomic mass is 9.92. The topological polar surface area (TPSA) is 23.5 Å². The molecule has 1 aliphatic rings. The Morgan fingerprint density at radius 2 is 2.31 bits per heavy atom. The van der Waals surface area contributed by atoms with E-state index in [9.17, 15) is 0 Å². The van der Waals surface area contributed by atoms with Crippen molar-refractivity contribution in [2.75, 3.05) is 19.7 Å². The molecule has 0 aliphatic carbocycles. The second kappa shape index (κ2) is 4.77. The fourth-order valence-corrected chi connectivity index (χ4v) is 2.07. The van der Waals surface area contributed by atoms with Crippen LogP contribution in [0.1, 0.15) is 26.7 Å². The molecule has 0 aromatic rings. The maximum Gasteiger partial charge on any atom is 0.0460 e. The molecule has 0 unspecified atom stereocenters. The quantitative estimate of drug-likeness (QED) is 0.673. The van der Waals surface area contributed by atoms with Crippen molar-refractivity contribution in [1.29, 1.82) is 0 Å². The Balaban J connectivity index is 2.39. The van der Waals surface area contributed by atoms with E-state index in [4.69, 9.17) is 5.11 Å². The van der Waals surface area contributed by atoms with Gasteiger partial charge in [-0.15, -0.1) is 0 Å². The first kappa shape index (κ1) is 10.7. The first-order valence-electron chi connectivity index (χ1n) is 5.12. The predicted octanol–water partition coefficient (Wildman–Crippen LogP) is 1.66. The molecule has 0 radical (unpaired) electrons. The van der Waals surface area contributed by atoms with Gasteiger partial charge in [0.1, 0.15) is 0 Å². The van der Waals surface area contributed by atoms with Gasteiger partial charge in [0.05, 0.1) is 0 Å². The minimum absolute atomic E-state index is 0.352. The molecule has 1 fully saturated rings. The van der Waals surface area contributed by atoms with E-state index in [-0.39, 0.29) is 0 Å². The van der Waals surface area contributed by atoms with E-state index in [2.05, 4.69) is 25.3 Å². The summed E-state index contributed by atoms with van der Waals surface area (Å²) in [5.41, 5.74) is 1.23. The van der Waals surface area contributed by atoms with Gasteiger partial charge in [-0.2, -0.15) is 0 Å². The maximum absolute atomic E-state index is 9.04. The average Bonchev–Trinajstić information content (AvgIpc) is 2.08. The van der Waals surface area contributed by atoms with E-state index in [1.165, 1.54) is 5.57 Å². The largest absolute Gasteiger partial charge is 0.396 e. The van der Waals surface area contributed by atoms with Gasteiger partial charge >= 0.3 is 0 Å². The number of aliphatic hydroxyl groups excluding tert-OH is 1. The Morgan fingerprint density at radius 3 is 2.77 bits per heavy atom. The molecule has 0 aromatic heterocycles. The van der Waals surface area contributed by atoms with Gasteiger partial charge in [-0.1, -0.05) is 12.2 Å². The van der Waals surface area contributed by atoms with Crippen molar-refractivity contribution >= 4 is 0 Å². The summed E-state index contributed by atoms with van der Waals surface area (Å²) in [4.78, 5) is 2.45. The first-order chi connectivity index (χ1) is 6.13. The van der Waals surface area contributed by atoms with Gasteiger partial charge in [-0.25, -0.2) is 0 Å². The lowest BCUT2D eigenvalue weighted by molar-refractivity contribution is 0.0965. The van der Waals surface area contributed by atoms with Crippen molar-refractivity contribution in [3.05, 3.63) is 12.2 Å². The fraction of sp³-hybridized carbons (Fsp3) is 0.818. The number of likely N-dealkylation sites (tertiary alicyclic amines) is 1. The van der Waals surface area contributed by atoms with Gasteiger partial charge in [0.15, 0.2) is 0 Å². The monoisotopic (exact) mass is 183 g/mol. The molecular weight excluding hydrogens is 162 g/mol. The lowest BCUT2D eigenvalue weighted by Crippen LogP contribution is -2.42. The number of piperidine rings is 1. The van der Waals surface area contributed by atoms with Crippen LogP contribution in [0.25, 0.3) is 0 Å². The number of hydrogen-bond donors (Lipinski definition) is 1. The highest BCUT2D eigenvalue weighted by molar-refractivity contribution is 4.94. The third-order valence-corrected chi connectivity index (χ3v) is 2.85. The summed E-state index contributed by atoms with van der Waals surface area (Å²) in [6.07, 6.45) is 2.26. The Hall–Kier alpha value is -0.340. The Bertz CT molecular complexity index is 179. The van der Waals surface area contributed by atoms with E-state index in [1.54, 1.807) is 0 Å². The minimum Gasteiger partial charge on any atom is -0.396 e. The van der Waals surface area contributed by atoms with Crippen molar-refractivity contribution in [2.45, 2.75) is 32.7 Å². The summed E-state index contributed by atoms with van der Waals surface area (Å²) in [5, 5.41) is 9.04. The molecule has 1 N–H and O–H groups in total. The lowest BCUT2D eigenvalue weighted by Gasteiger charge is -2.37. The molecule has 1 saturated heterocycles. The molecule has 0 bridgehead atoms. The summed E-state index contributed by atoms with van der Waals surface area (Å²) >= 11 is 0. The van der Waals surface area contributed by atoms with Gasteiger partial charge < -0.3 is 5.11 Å². The van der Waals surface area contributed by atoms with Crippen LogP contribution in [0.15, 0.2) is 12.2 Å². The first-order valence-corrected chi connectivity index (χ1v) is 5.12. The molecule has 0 aromatic carbocycles. The Labute approximate surface area is 81.2 Å². The Kier molecular flexibility index (Phi) is 3.94. The second-order valence-electron chi connectivity index (χ2n) is 4.35. The molecular formula is C11H21NO. The summed E-state index contributed by atoms with van der Waals surface area (Å²) in [6.45, 7) is 10.7. The zero-order valence-electron chi connectivity index (χ0n) is 8.79. The third kappa shape index (κ3) is 3.12. The number of rotatable bonds is 3. The summed E-state index contributed by atoms with van der Waals surface area (Å²) < 4.78 is 0. The van der Waals surface area contributed by atoms with Crippen LogP contribution < -0.4 is 0 Å². The van der Waals surface area contributed by atoms with Crippen molar-refractivity contribution in [2.24, 2.45) is 5.92 Å². The molecule has 0 spiro atoms.